The van der Waals surface area contributed by atoms with Crippen molar-refractivity contribution in [3.63, 3.8) is 0 Å². The van der Waals surface area contributed by atoms with E-state index < -0.39 is 15.7 Å². The van der Waals surface area contributed by atoms with Crippen molar-refractivity contribution in [1.82, 2.24) is 0 Å². The third-order valence-corrected chi connectivity index (χ3v) is 2.59. The van der Waals surface area contributed by atoms with Gasteiger partial charge in [0.2, 0.25) is 6.29 Å². The molecule has 1 radical (unpaired) electrons. The molecule has 0 heterocycles. The van der Waals surface area contributed by atoms with Crippen LogP contribution in [0.5, 0.6) is 0 Å². The quantitative estimate of drug-likeness (QED) is 0.707. The number of hydrogen-bond donors (Lipinski definition) is 0. The van der Waals surface area contributed by atoms with Gasteiger partial charge in [0.25, 0.3) is 0 Å². The topological polar surface area (TPSA) is 51.2 Å². The lowest BCUT2D eigenvalue weighted by Gasteiger charge is -1.98. The summed E-state index contributed by atoms with van der Waals surface area (Å²) in [6.07, 6.45) is 2.32. The first-order valence-corrected chi connectivity index (χ1v) is 5.22. The van der Waals surface area contributed by atoms with Crippen molar-refractivity contribution in [2.75, 3.05) is 6.26 Å². The Hall–Kier alpha value is -1.23. The number of halogens is 1. The van der Waals surface area contributed by atoms with Crippen LogP contribution < -0.4 is 0 Å². The molecule has 0 spiro atoms. The highest BCUT2D eigenvalue weighted by atomic mass is 32.2. The molecule has 69 valence electrons. The standard InChI is InChI=1S/C8H6FO3S/c1-13(11,12)7-3-2-6(5-10)8(9)4-7/h2-4H,1H3. The molecule has 0 aromatic heterocycles. The van der Waals surface area contributed by atoms with E-state index in [0.29, 0.717) is 0 Å². The Kier molecular flexibility index (Phi) is 2.47. The van der Waals surface area contributed by atoms with Gasteiger partial charge in [-0.05, 0) is 18.2 Å². The number of benzene rings is 1. The molecule has 0 saturated heterocycles. The van der Waals surface area contributed by atoms with Crippen molar-refractivity contribution >= 4 is 16.1 Å². The minimum atomic E-state index is -3.42. The smallest absolute Gasteiger partial charge is 0.236 e. The molecule has 0 unspecified atom stereocenters. The summed E-state index contributed by atoms with van der Waals surface area (Å²) in [7, 11) is -3.42. The Balaban J connectivity index is 3.34. The molecule has 1 rings (SSSR count). The van der Waals surface area contributed by atoms with Crippen LogP contribution in [0.1, 0.15) is 5.56 Å². The highest BCUT2D eigenvalue weighted by molar-refractivity contribution is 7.90. The number of carbonyl (C=O) groups excluding carboxylic acids is 1. The van der Waals surface area contributed by atoms with E-state index >= 15 is 0 Å². The largest absolute Gasteiger partial charge is 0.285 e. The van der Waals surface area contributed by atoms with Crippen LogP contribution in [0.2, 0.25) is 0 Å². The zero-order valence-electron chi connectivity index (χ0n) is 6.74. The minimum absolute atomic E-state index is 0.149. The fourth-order valence-electron chi connectivity index (χ4n) is 0.809. The van der Waals surface area contributed by atoms with Crippen LogP contribution in [0.4, 0.5) is 4.39 Å². The van der Waals surface area contributed by atoms with Crippen LogP contribution in [0.25, 0.3) is 0 Å². The molecular weight excluding hydrogens is 195 g/mol. The van der Waals surface area contributed by atoms with E-state index in [4.69, 9.17) is 0 Å². The zero-order valence-corrected chi connectivity index (χ0v) is 7.56. The van der Waals surface area contributed by atoms with Gasteiger partial charge in [-0.1, -0.05) is 0 Å². The first-order valence-electron chi connectivity index (χ1n) is 3.33. The fourth-order valence-corrected chi connectivity index (χ4v) is 1.44. The molecule has 13 heavy (non-hydrogen) atoms. The van der Waals surface area contributed by atoms with E-state index in [-0.39, 0.29) is 10.5 Å². The molecule has 1 aromatic carbocycles. The number of hydrogen-bond acceptors (Lipinski definition) is 3. The highest BCUT2D eigenvalue weighted by Gasteiger charge is 2.10. The summed E-state index contributed by atoms with van der Waals surface area (Å²) in [6, 6.07) is 3.05. The summed E-state index contributed by atoms with van der Waals surface area (Å²) >= 11 is 0. The Bertz CT molecular complexity index is 437. The summed E-state index contributed by atoms with van der Waals surface area (Å²) < 4.78 is 34.7. The fraction of sp³-hybridized carbons (Fsp3) is 0.125. The van der Waals surface area contributed by atoms with Crippen LogP contribution >= 0.6 is 0 Å². The van der Waals surface area contributed by atoms with Gasteiger partial charge in [-0.25, -0.2) is 12.8 Å². The predicted octanol–water partition coefficient (Wildman–Crippen LogP) is 0.687. The maximum atomic E-state index is 12.9. The second-order valence-electron chi connectivity index (χ2n) is 2.52. The minimum Gasteiger partial charge on any atom is -0.285 e. The summed E-state index contributed by atoms with van der Waals surface area (Å²) in [5, 5.41) is 0. The van der Waals surface area contributed by atoms with Gasteiger partial charge in [-0.2, -0.15) is 0 Å². The predicted molar refractivity (Wildman–Crippen MR) is 44.3 cm³/mol. The Labute approximate surface area is 75.1 Å². The molecule has 0 atom stereocenters. The second-order valence-corrected chi connectivity index (χ2v) is 4.53. The Morgan fingerprint density at radius 1 is 1.38 bits per heavy atom. The molecule has 0 aliphatic carbocycles. The lowest BCUT2D eigenvalue weighted by molar-refractivity contribution is 0.555. The van der Waals surface area contributed by atoms with Crippen LogP contribution in [-0.4, -0.2) is 21.0 Å². The van der Waals surface area contributed by atoms with Crippen molar-refractivity contribution in [3.8, 4) is 0 Å². The summed E-state index contributed by atoms with van der Waals surface area (Å²) in [5.41, 5.74) is -0.271. The highest BCUT2D eigenvalue weighted by Crippen LogP contribution is 2.12. The van der Waals surface area contributed by atoms with Crippen LogP contribution in [0.15, 0.2) is 23.1 Å². The molecular formula is C8H6FO3S. The zero-order chi connectivity index (χ0) is 10.1. The van der Waals surface area contributed by atoms with Gasteiger partial charge in [-0.3, -0.25) is 4.79 Å². The lowest BCUT2D eigenvalue weighted by Crippen LogP contribution is -1.99. The van der Waals surface area contributed by atoms with Crippen molar-refractivity contribution in [1.29, 1.82) is 0 Å². The third kappa shape index (κ3) is 2.12. The van der Waals surface area contributed by atoms with Crippen LogP contribution in [0.3, 0.4) is 0 Å². The van der Waals surface area contributed by atoms with Gasteiger partial charge < -0.3 is 0 Å². The van der Waals surface area contributed by atoms with Gasteiger partial charge in [0.1, 0.15) is 5.82 Å². The molecule has 0 aliphatic rings. The van der Waals surface area contributed by atoms with E-state index in [2.05, 4.69) is 0 Å². The van der Waals surface area contributed by atoms with Gasteiger partial charge in [-0.15, -0.1) is 0 Å². The molecule has 0 aliphatic heterocycles. The SMILES string of the molecule is CS(=O)(=O)c1ccc([C]=O)c(F)c1. The molecule has 0 fully saturated rings. The van der Waals surface area contributed by atoms with Crippen LogP contribution in [0, 0.1) is 5.82 Å². The van der Waals surface area contributed by atoms with Crippen molar-refractivity contribution in [3.05, 3.63) is 29.6 Å². The van der Waals surface area contributed by atoms with E-state index in [9.17, 15) is 17.6 Å². The van der Waals surface area contributed by atoms with Crippen molar-refractivity contribution in [2.45, 2.75) is 4.90 Å². The Morgan fingerprint density at radius 3 is 2.38 bits per heavy atom. The monoisotopic (exact) mass is 201 g/mol. The average Bonchev–Trinajstić information content (AvgIpc) is 2.02. The third-order valence-electron chi connectivity index (χ3n) is 1.48. The molecule has 5 heteroatoms. The number of rotatable bonds is 2. The van der Waals surface area contributed by atoms with Gasteiger partial charge >= 0.3 is 0 Å². The van der Waals surface area contributed by atoms with Gasteiger partial charge in [0, 0.05) is 6.26 Å². The van der Waals surface area contributed by atoms with Gasteiger partial charge in [0.15, 0.2) is 9.84 Å². The average molecular weight is 201 g/mol. The van der Waals surface area contributed by atoms with E-state index in [1.165, 1.54) is 12.4 Å². The maximum absolute atomic E-state index is 12.9. The first-order chi connectivity index (χ1) is 5.95. The molecule has 3 nitrogen and oxygen atoms in total. The second kappa shape index (κ2) is 3.26. The van der Waals surface area contributed by atoms with Crippen molar-refractivity contribution in [2.24, 2.45) is 0 Å². The first kappa shape index (κ1) is 9.85. The Morgan fingerprint density at radius 2 is 2.00 bits per heavy atom. The maximum Gasteiger partial charge on any atom is 0.236 e. The van der Waals surface area contributed by atoms with Gasteiger partial charge in [0.05, 0.1) is 10.5 Å². The summed E-state index contributed by atoms with van der Waals surface area (Å²) in [6.45, 7) is 0. The lowest BCUT2D eigenvalue weighted by atomic mass is 10.2. The summed E-state index contributed by atoms with van der Waals surface area (Å²) in [4.78, 5) is 9.92. The molecule has 1 aromatic rings. The normalized spacial score (nSPS) is 11.2. The van der Waals surface area contributed by atoms with E-state index in [1.807, 2.05) is 0 Å². The molecule has 0 N–H and O–H groups in total. The summed E-state index contributed by atoms with van der Waals surface area (Å²) in [5.74, 6) is -0.877. The molecule has 0 bridgehead atoms. The molecule has 0 saturated carbocycles. The van der Waals surface area contributed by atoms with E-state index in [1.54, 1.807) is 0 Å². The van der Waals surface area contributed by atoms with E-state index in [0.717, 1.165) is 18.4 Å². The molecule has 0 amide bonds. The van der Waals surface area contributed by atoms with Crippen LogP contribution in [-0.2, 0) is 14.6 Å². The number of sulfone groups is 1. The van der Waals surface area contributed by atoms with Crippen molar-refractivity contribution < 1.29 is 17.6 Å².